The van der Waals surface area contributed by atoms with Gasteiger partial charge in [-0.1, -0.05) is 6.42 Å². The van der Waals surface area contributed by atoms with Crippen molar-refractivity contribution in [3.8, 4) is 0 Å². The van der Waals surface area contributed by atoms with E-state index in [2.05, 4.69) is 0 Å². The summed E-state index contributed by atoms with van der Waals surface area (Å²) in [4.78, 5) is 10.0. The summed E-state index contributed by atoms with van der Waals surface area (Å²) in [5, 5.41) is 8.22. The van der Waals surface area contributed by atoms with Gasteiger partial charge in [0.2, 0.25) is 0 Å². The molecule has 0 aromatic heterocycles. The molecular weight excluding hydrogens is 159 g/mol. The molecule has 0 saturated heterocycles. The second-order valence-corrected chi connectivity index (χ2v) is 1.84. The number of nitrogens with two attached hydrogens (primary N) is 1. The molecular formula is C5H11KN2O2. The Morgan fingerprint density at radius 2 is 2.20 bits per heavy atom. The van der Waals surface area contributed by atoms with E-state index in [4.69, 9.17) is 16.6 Å². The molecule has 0 aliphatic heterocycles. The van der Waals surface area contributed by atoms with Crippen molar-refractivity contribution < 1.29 is 61.3 Å². The fourth-order valence-corrected chi connectivity index (χ4v) is 0.445. The molecule has 4 N–H and O–H groups in total. The summed E-state index contributed by atoms with van der Waals surface area (Å²) in [6.07, 6.45) is 0.965. The van der Waals surface area contributed by atoms with E-state index in [-0.39, 0.29) is 57.9 Å². The molecule has 0 aromatic carbocycles. The summed E-state index contributed by atoms with van der Waals surface area (Å²) in [6, 6.07) is -0.782. The molecule has 0 rings (SSSR count). The Morgan fingerprint density at radius 1 is 1.70 bits per heavy atom. The Morgan fingerprint density at radius 3 is 2.50 bits per heavy atom. The van der Waals surface area contributed by atoms with Gasteiger partial charge in [0.1, 0.15) is 6.04 Å². The van der Waals surface area contributed by atoms with Crippen LogP contribution in [-0.2, 0) is 4.79 Å². The van der Waals surface area contributed by atoms with E-state index >= 15 is 0 Å². The minimum absolute atomic E-state index is 0. The fraction of sp³-hybridized carbons (Fsp3) is 0.800. The summed E-state index contributed by atoms with van der Waals surface area (Å²) in [6.45, 7) is 0.251. The van der Waals surface area contributed by atoms with E-state index in [0.717, 1.165) is 0 Å². The first-order valence-electron chi connectivity index (χ1n) is 2.81. The first-order valence-corrected chi connectivity index (χ1v) is 2.81. The number of nitrogens with one attached hydrogen (secondary N) is 1. The maximum absolute atomic E-state index is 10.0. The SMILES string of the molecule is [K+].[NH-]CCCC(N)C(=O)O. The zero-order chi connectivity index (χ0) is 7.28. The molecule has 0 bridgehead atoms. The molecule has 0 aliphatic carbocycles. The van der Waals surface area contributed by atoms with Crippen LogP contribution in [0.2, 0.25) is 0 Å². The topological polar surface area (TPSA) is 87.1 Å². The second kappa shape index (κ2) is 8.13. The summed E-state index contributed by atoms with van der Waals surface area (Å²) < 4.78 is 0. The molecule has 1 atom stereocenters. The van der Waals surface area contributed by atoms with Crippen LogP contribution in [0.5, 0.6) is 0 Å². The van der Waals surface area contributed by atoms with Crippen molar-refractivity contribution in [1.29, 1.82) is 0 Å². The number of carboxylic acid groups (broad SMARTS) is 1. The van der Waals surface area contributed by atoms with Crippen LogP contribution in [0.1, 0.15) is 12.8 Å². The normalized spacial score (nSPS) is 11.8. The molecule has 0 amide bonds. The summed E-state index contributed by atoms with van der Waals surface area (Å²) in [5.74, 6) is -0.983. The van der Waals surface area contributed by atoms with Gasteiger partial charge in [-0.3, -0.25) is 4.79 Å². The van der Waals surface area contributed by atoms with Gasteiger partial charge < -0.3 is 16.6 Å². The first-order chi connectivity index (χ1) is 4.18. The number of hydrogen-bond acceptors (Lipinski definition) is 2. The Bertz CT molecular complexity index is 99.6. The van der Waals surface area contributed by atoms with Crippen molar-refractivity contribution >= 4 is 5.97 Å². The van der Waals surface area contributed by atoms with Crippen molar-refractivity contribution in [1.82, 2.24) is 0 Å². The quantitative estimate of drug-likeness (QED) is 0.448. The Labute approximate surface area is 103 Å². The Balaban J connectivity index is 0. The van der Waals surface area contributed by atoms with E-state index in [0.29, 0.717) is 12.8 Å². The average molecular weight is 170 g/mol. The number of hydrogen-bond donors (Lipinski definition) is 2. The monoisotopic (exact) mass is 170 g/mol. The third-order valence-electron chi connectivity index (χ3n) is 1.01. The number of rotatable bonds is 4. The second-order valence-electron chi connectivity index (χ2n) is 1.84. The fourth-order valence-electron chi connectivity index (χ4n) is 0.445. The minimum atomic E-state index is -0.983. The maximum Gasteiger partial charge on any atom is 1.00 e. The van der Waals surface area contributed by atoms with Crippen LogP contribution in [0, 0.1) is 0 Å². The third-order valence-corrected chi connectivity index (χ3v) is 1.01. The Kier molecular flexibility index (Phi) is 11.1. The minimum Gasteiger partial charge on any atom is -0.677 e. The molecule has 0 radical (unpaired) electrons. The van der Waals surface area contributed by atoms with Gasteiger partial charge in [-0.05, 0) is 6.42 Å². The predicted octanol–water partition coefficient (Wildman–Crippen LogP) is -2.77. The van der Waals surface area contributed by atoms with E-state index in [1.54, 1.807) is 0 Å². The van der Waals surface area contributed by atoms with Gasteiger partial charge in [0, 0.05) is 0 Å². The van der Waals surface area contributed by atoms with Gasteiger partial charge in [-0.25, -0.2) is 0 Å². The van der Waals surface area contributed by atoms with E-state index in [1.807, 2.05) is 0 Å². The van der Waals surface area contributed by atoms with Gasteiger partial charge in [-0.2, -0.15) is 6.54 Å². The largest absolute Gasteiger partial charge is 1.00 e. The van der Waals surface area contributed by atoms with Gasteiger partial charge in [-0.15, -0.1) is 0 Å². The number of carbonyl (C=O) groups is 1. The molecule has 0 fully saturated rings. The molecule has 0 aliphatic rings. The van der Waals surface area contributed by atoms with Crippen LogP contribution in [0.3, 0.4) is 0 Å². The summed E-state index contributed by atoms with van der Waals surface area (Å²) in [5.41, 5.74) is 11.8. The van der Waals surface area contributed by atoms with Gasteiger partial charge >= 0.3 is 57.4 Å². The van der Waals surface area contributed by atoms with Crippen LogP contribution < -0.4 is 57.1 Å². The molecule has 1 unspecified atom stereocenters. The predicted molar refractivity (Wildman–Crippen MR) is 34.0 cm³/mol. The van der Waals surface area contributed by atoms with Crippen LogP contribution in [0.15, 0.2) is 0 Å². The standard InChI is InChI=1S/C5H11N2O2.K/c6-3-1-2-4(7)5(8)9;/h4,6H,1-3,7H2,(H,8,9);/q-1;+1. The maximum atomic E-state index is 10.0. The van der Waals surface area contributed by atoms with Crippen molar-refractivity contribution in [3.63, 3.8) is 0 Å². The molecule has 0 aromatic rings. The van der Waals surface area contributed by atoms with E-state index in [9.17, 15) is 4.79 Å². The summed E-state index contributed by atoms with van der Waals surface area (Å²) >= 11 is 0. The zero-order valence-electron chi connectivity index (χ0n) is 6.13. The average Bonchev–Trinajstić information content (AvgIpc) is 1.82. The zero-order valence-corrected chi connectivity index (χ0v) is 9.25. The smallest absolute Gasteiger partial charge is 0.677 e. The Hall–Kier alpha value is 1.03. The number of carboxylic acids is 1. The summed E-state index contributed by atoms with van der Waals surface area (Å²) in [7, 11) is 0. The van der Waals surface area contributed by atoms with Gasteiger partial charge in [0.25, 0.3) is 0 Å². The van der Waals surface area contributed by atoms with Crippen LogP contribution in [-0.4, -0.2) is 23.7 Å². The van der Waals surface area contributed by atoms with Gasteiger partial charge in [0.15, 0.2) is 0 Å². The van der Waals surface area contributed by atoms with Crippen LogP contribution in [0.4, 0.5) is 0 Å². The van der Waals surface area contributed by atoms with Crippen LogP contribution in [0.25, 0.3) is 5.73 Å². The molecule has 5 heteroatoms. The van der Waals surface area contributed by atoms with Crippen molar-refractivity contribution in [3.05, 3.63) is 5.73 Å². The first kappa shape index (κ1) is 13.6. The molecule has 10 heavy (non-hydrogen) atoms. The van der Waals surface area contributed by atoms with Crippen molar-refractivity contribution in [2.75, 3.05) is 6.54 Å². The molecule has 0 saturated carbocycles. The van der Waals surface area contributed by atoms with Crippen molar-refractivity contribution in [2.24, 2.45) is 5.73 Å². The molecule has 0 heterocycles. The molecule has 4 nitrogen and oxygen atoms in total. The van der Waals surface area contributed by atoms with E-state index < -0.39 is 12.0 Å². The third kappa shape index (κ3) is 7.14. The molecule has 54 valence electrons. The van der Waals surface area contributed by atoms with Crippen LogP contribution >= 0.6 is 0 Å². The van der Waals surface area contributed by atoms with Crippen molar-refractivity contribution in [2.45, 2.75) is 18.9 Å². The van der Waals surface area contributed by atoms with Gasteiger partial charge in [0.05, 0.1) is 0 Å². The van der Waals surface area contributed by atoms with E-state index in [1.165, 1.54) is 0 Å². The molecule has 0 spiro atoms. The number of aliphatic carboxylic acids is 1.